The molecule has 0 saturated carbocycles. The molecule has 6 amide bonds. The van der Waals surface area contributed by atoms with Crippen LogP contribution in [0, 0.1) is 3.57 Å². The molecule has 0 radical (unpaired) electrons. The molecule has 3 aliphatic rings. The summed E-state index contributed by atoms with van der Waals surface area (Å²) in [6.45, 7) is 2.94. The summed E-state index contributed by atoms with van der Waals surface area (Å²) >= 11 is 3.61. The third-order valence-electron chi connectivity index (χ3n) is 8.79. The van der Waals surface area contributed by atoms with Crippen molar-refractivity contribution in [2.45, 2.75) is 55.2 Å². The number of anilines is 2. The van der Waals surface area contributed by atoms with Crippen LogP contribution in [-0.4, -0.2) is 90.7 Å². The highest BCUT2D eigenvalue weighted by Crippen LogP contribution is 2.41. The molecular formula is C33H30IN9O8S. The number of imide groups is 2. The molecule has 7 rings (SSSR count). The molecule has 5 heterocycles. The lowest BCUT2D eigenvalue weighted by Crippen LogP contribution is -2.54. The molecule has 0 spiro atoms. The molecule has 1 fully saturated rings. The van der Waals surface area contributed by atoms with Gasteiger partial charge < -0.3 is 30.0 Å². The molecule has 4 N–H and O–H groups in total. The number of hydrogen-bond acceptors (Lipinski definition) is 13. The van der Waals surface area contributed by atoms with E-state index in [1.54, 1.807) is 4.90 Å². The number of nitrogens with one attached hydrogen (secondary N) is 2. The smallest absolute Gasteiger partial charge is 0.264 e. The Morgan fingerprint density at radius 1 is 1.12 bits per heavy atom. The Kier molecular flexibility index (Phi) is 9.70. The highest BCUT2D eigenvalue weighted by molar-refractivity contribution is 14.1. The van der Waals surface area contributed by atoms with Gasteiger partial charge in [0.1, 0.15) is 12.4 Å². The number of halogens is 1. The Morgan fingerprint density at radius 3 is 2.67 bits per heavy atom. The van der Waals surface area contributed by atoms with E-state index < -0.39 is 35.6 Å². The van der Waals surface area contributed by atoms with E-state index in [1.807, 2.05) is 23.6 Å². The van der Waals surface area contributed by atoms with Crippen molar-refractivity contribution in [3.8, 4) is 11.5 Å². The minimum atomic E-state index is -1.14. The van der Waals surface area contributed by atoms with Crippen molar-refractivity contribution in [2.75, 3.05) is 30.9 Å². The number of ether oxygens (including phenoxy) is 2. The van der Waals surface area contributed by atoms with Gasteiger partial charge in [-0.15, -0.1) is 0 Å². The lowest BCUT2D eigenvalue weighted by Gasteiger charge is -2.27. The van der Waals surface area contributed by atoms with Crippen molar-refractivity contribution >= 4 is 92.5 Å². The summed E-state index contributed by atoms with van der Waals surface area (Å²) in [6, 6.07) is 7.05. The number of rotatable bonds is 11. The zero-order valence-electron chi connectivity index (χ0n) is 27.5. The monoisotopic (exact) mass is 839 g/mol. The van der Waals surface area contributed by atoms with E-state index in [4.69, 9.17) is 20.2 Å². The predicted octanol–water partition coefficient (Wildman–Crippen LogP) is 2.56. The van der Waals surface area contributed by atoms with Crippen LogP contribution < -0.4 is 25.8 Å². The number of aromatic nitrogens is 4. The molecule has 4 aromatic rings. The number of likely N-dealkylation sites (N-methyl/N-ethyl adjacent to an activating group) is 1. The van der Waals surface area contributed by atoms with E-state index in [1.165, 1.54) is 36.3 Å². The number of carbonyl (C=O) groups excluding carboxylic acids is 6. The Hall–Kier alpha value is -5.31. The maximum absolute atomic E-state index is 13.4. The van der Waals surface area contributed by atoms with Crippen LogP contribution in [0.15, 0.2) is 46.7 Å². The first kappa shape index (κ1) is 35.1. The fourth-order valence-electron chi connectivity index (χ4n) is 6.18. The molecule has 268 valence electrons. The molecule has 52 heavy (non-hydrogen) atoms. The number of nitrogen functional groups attached to an aromatic ring is 1. The second-order valence-corrected chi connectivity index (χ2v) is 14.1. The van der Waals surface area contributed by atoms with Crippen LogP contribution in [-0.2, 0) is 25.7 Å². The van der Waals surface area contributed by atoms with Crippen molar-refractivity contribution in [3.05, 3.63) is 51.4 Å². The number of piperidine rings is 1. The minimum Gasteiger partial charge on any atom is -0.454 e. The zero-order chi connectivity index (χ0) is 36.7. The molecule has 2 aromatic heterocycles. The third-order valence-corrected chi connectivity index (χ3v) is 11.1. The topological polar surface area (TPSA) is 221 Å². The first-order chi connectivity index (χ1) is 25.0. The first-order valence-electron chi connectivity index (χ1n) is 16.2. The lowest BCUT2D eigenvalue weighted by atomic mass is 10.0. The summed E-state index contributed by atoms with van der Waals surface area (Å²) < 4.78 is 13.8. The summed E-state index contributed by atoms with van der Waals surface area (Å²) in [6.07, 6.45) is 1.03. The quantitative estimate of drug-likeness (QED) is 0.146. The Balaban J connectivity index is 1.01. The molecule has 1 unspecified atom stereocenters. The SMILES string of the molecule is CCN(CCn1c(Sc2cc3c(cc2I)OCO3)nc2c(N)ncnc21)C(=O)CCC(=O)Nc1cccc2c1C(=O)N(C1CCC(=O)NC1=O)C2=O. The summed E-state index contributed by atoms with van der Waals surface area (Å²) in [4.78, 5) is 93.6. The third kappa shape index (κ3) is 6.60. The van der Waals surface area contributed by atoms with E-state index in [0.717, 1.165) is 13.4 Å². The summed E-state index contributed by atoms with van der Waals surface area (Å²) in [7, 11) is 0. The van der Waals surface area contributed by atoms with E-state index >= 15 is 0 Å². The number of fused-ring (bicyclic) bond motifs is 3. The average Bonchev–Trinajstić information content (AvgIpc) is 3.79. The van der Waals surface area contributed by atoms with Gasteiger partial charge in [-0.25, -0.2) is 15.0 Å². The zero-order valence-corrected chi connectivity index (χ0v) is 30.5. The summed E-state index contributed by atoms with van der Waals surface area (Å²) in [5.41, 5.74) is 7.15. The number of nitrogens with zero attached hydrogens (tertiary/aromatic N) is 6. The normalized spacial score (nSPS) is 16.3. The lowest BCUT2D eigenvalue weighted by molar-refractivity contribution is -0.136. The Morgan fingerprint density at radius 2 is 1.90 bits per heavy atom. The number of nitrogens with two attached hydrogens (primary N) is 1. The van der Waals surface area contributed by atoms with Crippen molar-refractivity contribution in [2.24, 2.45) is 0 Å². The standard InChI is InChI=1S/C33H30IN9O8S/c1-2-41(10-11-42-29-27(28(35)36-14-37-29)40-33(42)52-22-13-21-20(12-17(22)34)50-15-51-21)25(46)9-8-23(44)38-18-5-3-4-16-26(18)32(49)43(31(16)48)19-6-7-24(45)39-30(19)47/h3-5,12-14,19H,2,6-11,15H2,1H3,(H,38,44)(H2,35,36,37)(H,39,45,47). The van der Waals surface area contributed by atoms with E-state index in [2.05, 4.69) is 43.2 Å². The van der Waals surface area contributed by atoms with Crippen molar-refractivity contribution in [1.29, 1.82) is 0 Å². The second kappa shape index (κ2) is 14.4. The second-order valence-electron chi connectivity index (χ2n) is 11.9. The van der Waals surface area contributed by atoms with Gasteiger partial charge in [-0.3, -0.25) is 39.0 Å². The fourth-order valence-corrected chi connectivity index (χ4v) is 7.89. The molecule has 17 nitrogen and oxygen atoms in total. The Bertz CT molecular complexity index is 2190. The van der Waals surface area contributed by atoms with Crippen molar-refractivity contribution in [1.82, 2.24) is 34.6 Å². The van der Waals surface area contributed by atoms with E-state index in [-0.39, 0.29) is 67.6 Å². The number of imidazole rings is 1. The molecule has 1 saturated heterocycles. The van der Waals surface area contributed by atoms with Crippen LogP contribution in [0.25, 0.3) is 11.2 Å². The van der Waals surface area contributed by atoms with Crippen molar-refractivity contribution in [3.63, 3.8) is 0 Å². The maximum atomic E-state index is 13.4. The number of carbonyl (C=O) groups is 6. The van der Waals surface area contributed by atoms with Gasteiger partial charge in [0.2, 0.25) is 30.4 Å². The highest BCUT2D eigenvalue weighted by Gasteiger charge is 2.45. The van der Waals surface area contributed by atoms with Gasteiger partial charge in [0.25, 0.3) is 11.8 Å². The fraction of sp³-hybridized carbons (Fsp3) is 0.303. The summed E-state index contributed by atoms with van der Waals surface area (Å²) in [5.74, 6) is -1.95. The van der Waals surface area contributed by atoms with E-state index in [9.17, 15) is 28.8 Å². The van der Waals surface area contributed by atoms with Gasteiger partial charge in [0.05, 0.1) is 16.8 Å². The van der Waals surface area contributed by atoms with Crippen molar-refractivity contribution < 1.29 is 38.2 Å². The molecule has 3 aliphatic heterocycles. The summed E-state index contributed by atoms with van der Waals surface area (Å²) in [5, 5.41) is 5.40. The van der Waals surface area contributed by atoms with Crippen LogP contribution in [0.1, 0.15) is 53.3 Å². The molecule has 1 atom stereocenters. The van der Waals surface area contributed by atoms with Crippen LogP contribution in [0.5, 0.6) is 11.5 Å². The Labute approximate surface area is 313 Å². The van der Waals surface area contributed by atoms with Crippen LogP contribution in [0.4, 0.5) is 11.5 Å². The molecule has 19 heteroatoms. The van der Waals surface area contributed by atoms with Crippen LogP contribution >= 0.6 is 34.4 Å². The molecular weight excluding hydrogens is 809 g/mol. The van der Waals surface area contributed by atoms with Gasteiger partial charge in [0, 0.05) is 47.4 Å². The van der Waals surface area contributed by atoms with Gasteiger partial charge in [-0.2, -0.15) is 0 Å². The first-order valence-corrected chi connectivity index (χ1v) is 18.1. The van der Waals surface area contributed by atoms with Crippen LogP contribution in [0.2, 0.25) is 0 Å². The van der Waals surface area contributed by atoms with Gasteiger partial charge in [-0.05, 0) is 60.2 Å². The molecule has 0 bridgehead atoms. The van der Waals surface area contributed by atoms with Crippen LogP contribution in [0.3, 0.4) is 0 Å². The number of hydrogen-bond donors (Lipinski definition) is 3. The average molecular weight is 840 g/mol. The number of benzene rings is 2. The number of amides is 6. The minimum absolute atomic E-state index is 0.00608. The highest BCUT2D eigenvalue weighted by atomic mass is 127. The van der Waals surface area contributed by atoms with Gasteiger partial charge in [-0.1, -0.05) is 17.8 Å². The van der Waals surface area contributed by atoms with Gasteiger partial charge in [0.15, 0.2) is 33.6 Å². The maximum Gasteiger partial charge on any atom is 0.264 e. The van der Waals surface area contributed by atoms with E-state index in [0.29, 0.717) is 40.9 Å². The predicted molar refractivity (Wildman–Crippen MR) is 192 cm³/mol. The van der Waals surface area contributed by atoms with Gasteiger partial charge >= 0.3 is 0 Å². The largest absolute Gasteiger partial charge is 0.454 e. The molecule has 0 aliphatic carbocycles. The molecule has 2 aromatic carbocycles.